The Labute approximate surface area is 95.7 Å². The zero-order chi connectivity index (χ0) is 11.7. The highest BCUT2D eigenvalue weighted by Gasteiger charge is 2.11. The predicted molar refractivity (Wildman–Crippen MR) is 63.4 cm³/mol. The minimum atomic E-state index is -0.418. The molecule has 16 heavy (non-hydrogen) atoms. The summed E-state index contributed by atoms with van der Waals surface area (Å²) in [7, 11) is 0. The fourth-order valence-corrected chi connectivity index (χ4v) is 1.97. The van der Waals surface area contributed by atoms with Crippen molar-refractivity contribution in [3.63, 3.8) is 0 Å². The molecule has 0 fully saturated rings. The summed E-state index contributed by atoms with van der Waals surface area (Å²) in [5.74, 6) is 0. The van der Waals surface area contributed by atoms with Gasteiger partial charge < -0.3 is 5.73 Å². The van der Waals surface area contributed by atoms with Gasteiger partial charge in [-0.25, -0.2) is 4.98 Å². The average molecular weight is 235 g/mol. The molecule has 1 aromatic carbocycles. The fraction of sp³-hybridized carbons (Fsp3) is 0.100. The monoisotopic (exact) mass is 235 g/mol. The highest BCUT2D eigenvalue weighted by molar-refractivity contribution is 7.13. The molecule has 0 bridgehead atoms. The maximum atomic E-state index is 10.7. The summed E-state index contributed by atoms with van der Waals surface area (Å²) >= 11 is 1.32. The molecule has 2 N–H and O–H groups in total. The minimum absolute atomic E-state index is 0.0622. The van der Waals surface area contributed by atoms with Crippen molar-refractivity contribution in [2.45, 2.75) is 6.92 Å². The molecule has 2 aromatic rings. The minimum Gasteiger partial charge on any atom is -0.375 e. The summed E-state index contributed by atoms with van der Waals surface area (Å²) in [6.07, 6.45) is 0. The van der Waals surface area contributed by atoms with Crippen LogP contribution in [0.3, 0.4) is 0 Å². The Morgan fingerprint density at radius 2 is 2.25 bits per heavy atom. The SMILES string of the molecule is Cc1ccc([N+](=O)[O-])cc1-c1csc(N)n1. The number of thiazole rings is 1. The summed E-state index contributed by atoms with van der Waals surface area (Å²) in [5.41, 5.74) is 7.98. The van der Waals surface area contributed by atoms with Gasteiger partial charge in [-0.15, -0.1) is 11.3 Å². The molecule has 0 spiro atoms. The van der Waals surface area contributed by atoms with Gasteiger partial charge in [0.2, 0.25) is 0 Å². The molecule has 6 heteroatoms. The molecule has 1 heterocycles. The Kier molecular flexibility index (Phi) is 2.57. The van der Waals surface area contributed by atoms with Gasteiger partial charge >= 0.3 is 0 Å². The van der Waals surface area contributed by atoms with E-state index >= 15 is 0 Å². The van der Waals surface area contributed by atoms with Crippen LogP contribution in [-0.2, 0) is 0 Å². The second-order valence-corrected chi connectivity index (χ2v) is 4.22. The van der Waals surface area contributed by atoms with Crippen LogP contribution in [0, 0.1) is 17.0 Å². The van der Waals surface area contributed by atoms with Gasteiger partial charge in [0.25, 0.3) is 5.69 Å². The van der Waals surface area contributed by atoms with Crippen LogP contribution >= 0.6 is 11.3 Å². The number of non-ortho nitro benzene ring substituents is 1. The number of nitro groups is 1. The largest absolute Gasteiger partial charge is 0.375 e. The van der Waals surface area contributed by atoms with E-state index in [1.165, 1.54) is 23.5 Å². The van der Waals surface area contributed by atoms with Crippen molar-refractivity contribution >= 4 is 22.2 Å². The van der Waals surface area contributed by atoms with Crippen molar-refractivity contribution in [1.29, 1.82) is 0 Å². The Morgan fingerprint density at radius 1 is 1.50 bits per heavy atom. The molecule has 0 aliphatic carbocycles. The van der Waals surface area contributed by atoms with Crippen LogP contribution in [0.1, 0.15) is 5.56 Å². The topological polar surface area (TPSA) is 82.0 Å². The number of aromatic nitrogens is 1. The normalized spacial score (nSPS) is 10.3. The van der Waals surface area contributed by atoms with Gasteiger partial charge in [-0.2, -0.15) is 0 Å². The van der Waals surface area contributed by atoms with E-state index < -0.39 is 4.92 Å². The third-order valence-electron chi connectivity index (χ3n) is 2.23. The Balaban J connectivity index is 2.55. The number of nitrogens with zero attached hydrogens (tertiary/aromatic N) is 2. The van der Waals surface area contributed by atoms with Crippen molar-refractivity contribution in [2.75, 3.05) is 5.73 Å². The molecule has 0 radical (unpaired) electrons. The average Bonchev–Trinajstić information content (AvgIpc) is 2.65. The van der Waals surface area contributed by atoms with Crippen molar-refractivity contribution in [3.8, 4) is 11.3 Å². The lowest BCUT2D eigenvalue weighted by atomic mass is 10.1. The van der Waals surface area contributed by atoms with E-state index in [4.69, 9.17) is 5.73 Å². The molecule has 0 saturated heterocycles. The summed E-state index contributed by atoms with van der Waals surface area (Å²) in [6, 6.07) is 4.71. The van der Waals surface area contributed by atoms with E-state index in [-0.39, 0.29) is 5.69 Å². The van der Waals surface area contributed by atoms with Crippen LogP contribution in [0.25, 0.3) is 11.3 Å². The molecule has 0 unspecified atom stereocenters. The number of anilines is 1. The van der Waals surface area contributed by atoms with Crippen molar-refractivity contribution in [1.82, 2.24) is 4.98 Å². The Hall–Kier alpha value is -1.95. The van der Waals surface area contributed by atoms with Crippen molar-refractivity contribution in [3.05, 3.63) is 39.3 Å². The van der Waals surface area contributed by atoms with Gasteiger partial charge in [-0.3, -0.25) is 10.1 Å². The summed E-state index contributed by atoms with van der Waals surface area (Å²) in [4.78, 5) is 14.4. The first kappa shape index (κ1) is 10.6. The number of nitrogen functional groups attached to an aromatic ring is 1. The highest BCUT2D eigenvalue weighted by Crippen LogP contribution is 2.29. The molecule has 0 saturated carbocycles. The molecule has 0 aliphatic rings. The second-order valence-electron chi connectivity index (χ2n) is 3.33. The van der Waals surface area contributed by atoms with E-state index in [0.29, 0.717) is 10.8 Å². The second kappa shape index (κ2) is 3.90. The number of nitrogens with two attached hydrogens (primary N) is 1. The van der Waals surface area contributed by atoms with Crippen LogP contribution in [0.5, 0.6) is 0 Å². The number of aryl methyl sites for hydroxylation is 1. The van der Waals surface area contributed by atoms with Crippen LogP contribution < -0.4 is 5.73 Å². The standard InChI is InChI=1S/C10H9N3O2S/c1-6-2-3-7(13(14)15)4-8(6)9-5-16-10(11)12-9/h2-5H,1H3,(H2,11,12). The Morgan fingerprint density at radius 3 is 2.81 bits per heavy atom. The van der Waals surface area contributed by atoms with Gasteiger partial charge in [0.1, 0.15) is 0 Å². The molecule has 82 valence electrons. The van der Waals surface area contributed by atoms with Gasteiger partial charge in [-0.05, 0) is 12.5 Å². The Bertz CT molecular complexity index is 551. The third-order valence-corrected chi connectivity index (χ3v) is 2.90. The van der Waals surface area contributed by atoms with Crippen LogP contribution in [-0.4, -0.2) is 9.91 Å². The summed E-state index contributed by atoms with van der Waals surface area (Å²) in [6.45, 7) is 1.88. The molecule has 0 atom stereocenters. The van der Waals surface area contributed by atoms with E-state index in [1.54, 1.807) is 11.4 Å². The quantitative estimate of drug-likeness (QED) is 0.640. The summed E-state index contributed by atoms with van der Waals surface area (Å²) < 4.78 is 0. The predicted octanol–water partition coefficient (Wildman–Crippen LogP) is 2.61. The first-order chi connectivity index (χ1) is 7.58. The molecule has 0 aliphatic heterocycles. The smallest absolute Gasteiger partial charge is 0.270 e. The van der Waals surface area contributed by atoms with E-state index in [9.17, 15) is 10.1 Å². The van der Waals surface area contributed by atoms with Gasteiger partial charge in [-0.1, -0.05) is 6.07 Å². The first-order valence-corrected chi connectivity index (χ1v) is 5.42. The zero-order valence-electron chi connectivity index (χ0n) is 8.51. The third kappa shape index (κ3) is 1.87. The van der Waals surface area contributed by atoms with Gasteiger partial charge in [0, 0.05) is 23.1 Å². The van der Waals surface area contributed by atoms with E-state index in [0.717, 1.165) is 11.1 Å². The van der Waals surface area contributed by atoms with E-state index in [2.05, 4.69) is 4.98 Å². The number of nitro benzene ring substituents is 1. The number of hydrogen-bond donors (Lipinski definition) is 1. The van der Waals surface area contributed by atoms with Gasteiger partial charge in [0.05, 0.1) is 10.6 Å². The highest BCUT2D eigenvalue weighted by atomic mass is 32.1. The lowest BCUT2D eigenvalue weighted by Gasteiger charge is -2.01. The van der Waals surface area contributed by atoms with Gasteiger partial charge in [0.15, 0.2) is 5.13 Å². The number of hydrogen-bond acceptors (Lipinski definition) is 5. The number of benzene rings is 1. The van der Waals surface area contributed by atoms with Crippen LogP contribution in [0.4, 0.5) is 10.8 Å². The maximum absolute atomic E-state index is 10.7. The van der Waals surface area contributed by atoms with Crippen LogP contribution in [0.15, 0.2) is 23.6 Å². The first-order valence-electron chi connectivity index (χ1n) is 4.54. The molecule has 1 aromatic heterocycles. The zero-order valence-corrected chi connectivity index (χ0v) is 9.32. The van der Waals surface area contributed by atoms with E-state index in [1.807, 2.05) is 6.92 Å². The molecular formula is C10H9N3O2S. The molecule has 0 amide bonds. The molecule has 2 rings (SSSR count). The lowest BCUT2D eigenvalue weighted by molar-refractivity contribution is -0.384. The van der Waals surface area contributed by atoms with Crippen molar-refractivity contribution in [2.24, 2.45) is 0 Å². The molecular weight excluding hydrogens is 226 g/mol. The summed E-state index contributed by atoms with van der Waals surface area (Å²) in [5, 5.41) is 12.9. The maximum Gasteiger partial charge on any atom is 0.270 e. The van der Waals surface area contributed by atoms with Crippen molar-refractivity contribution < 1.29 is 4.92 Å². The lowest BCUT2D eigenvalue weighted by Crippen LogP contribution is -1.91. The number of rotatable bonds is 2. The van der Waals surface area contributed by atoms with Crippen LogP contribution in [0.2, 0.25) is 0 Å². The fourth-order valence-electron chi connectivity index (χ4n) is 1.41. The molecule has 5 nitrogen and oxygen atoms in total.